The number of carboxylic acids is 1. The smallest absolute Gasteiger partial charge is 0.307 e. The minimum Gasteiger partial charge on any atom is -0.481 e. The van der Waals surface area contributed by atoms with Crippen LogP contribution in [0.15, 0.2) is 0 Å². The van der Waals surface area contributed by atoms with Crippen LogP contribution in [-0.2, 0) is 9.53 Å². The number of rotatable bonds is 3. The third kappa shape index (κ3) is 2.72. The summed E-state index contributed by atoms with van der Waals surface area (Å²) in [5, 5.41) is 19.2. The highest BCUT2D eigenvalue weighted by atomic mass is 16.5. The van der Waals surface area contributed by atoms with E-state index in [-0.39, 0.29) is 5.92 Å². The van der Waals surface area contributed by atoms with Crippen LogP contribution >= 0.6 is 0 Å². The molecule has 2 rings (SSSR count). The molecule has 1 unspecified atom stereocenters. The second-order valence-corrected chi connectivity index (χ2v) is 4.90. The van der Waals surface area contributed by atoms with Gasteiger partial charge in [0.05, 0.1) is 11.5 Å². The second kappa shape index (κ2) is 4.69. The van der Waals surface area contributed by atoms with Gasteiger partial charge in [0.25, 0.3) is 0 Å². The topological polar surface area (TPSA) is 70.0 Å². The Morgan fingerprint density at radius 2 is 2.12 bits per heavy atom. The van der Waals surface area contributed by atoms with Crippen molar-refractivity contribution >= 4 is 5.97 Å². The van der Waals surface area contributed by atoms with E-state index in [0.717, 1.165) is 6.54 Å². The fourth-order valence-electron chi connectivity index (χ4n) is 2.50. The van der Waals surface area contributed by atoms with Gasteiger partial charge in [-0.2, -0.15) is 0 Å². The van der Waals surface area contributed by atoms with Crippen LogP contribution in [0.5, 0.6) is 0 Å². The molecule has 2 N–H and O–H groups in total. The number of aliphatic hydroxyl groups is 1. The molecule has 1 atom stereocenters. The van der Waals surface area contributed by atoms with Crippen LogP contribution in [0.3, 0.4) is 0 Å². The van der Waals surface area contributed by atoms with Crippen molar-refractivity contribution in [3.8, 4) is 0 Å². The number of likely N-dealkylation sites (tertiary alicyclic amines) is 1. The maximum atomic E-state index is 10.8. The Bertz CT molecular complexity index is 263. The maximum absolute atomic E-state index is 10.8. The number of carbonyl (C=O) groups is 1. The zero-order chi connectivity index (χ0) is 11.6. The molecule has 0 bridgehead atoms. The van der Waals surface area contributed by atoms with Gasteiger partial charge < -0.3 is 14.9 Å². The van der Waals surface area contributed by atoms with Crippen molar-refractivity contribution in [3.63, 3.8) is 0 Å². The zero-order valence-corrected chi connectivity index (χ0v) is 9.39. The molecule has 2 heterocycles. The predicted octanol–water partition coefficient (Wildman–Crippen LogP) is -0.0656. The second-order valence-electron chi connectivity index (χ2n) is 4.90. The van der Waals surface area contributed by atoms with Crippen molar-refractivity contribution in [3.05, 3.63) is 0 Å². The summed E-state index contributed by atoms with van der Waals surface area (Å²) in [6.45, 7) is 3.14. The Morgan fingerprint density at radius 1 is 1.44 bits per heavy atom. The number of β-amino-alcohol motifs (C(OH)–C–C–N with tert-alkyl or cyclic N) is 1. The number of carboxylic acid groups (broad SMARTS) is 1. The van der Waals surface area contributed by atoms with E-state index >= 15 is 0 Å². The molecule has 2 fully saturated rings. The summed E-state index contributed by atoms with van der Waals surface area (Å²) < 4.78 is 5.22. The Balaban J connectivity index is 1.84. The van der Waals surface area contributed by atoms with Gasteiger partial charge in [-0.1, -0.05) is 0 Å². The molecule has 0 spiro atoms. The summed E-state index contributed by atoms with van der Waals surface area (Å²) in [6.07, 6.45) is 2.00. The van der Waals surface area contributed by atoms with Crippen LogP contribution in [0.25, 0.3) is 0 Å². The fourth-order valence-corrected chi connectivity index (χ4v) is 2.50. The van der Waals surface area contributed by atoms with Gasteiger partial charge in [-0.3, -0.25) is 9.69 Å². The van der Waals surface area contributed by atoms with E-state index in [1.54, 1.807) is 0 Å². The number of nitrogens with zero attached hydrogens (tertiary/aromatic N) is 1. The van der Waals surface area contributed by atoms with Crippen molar-refractivity contribution in [1.82, 2.24) is 4.90 Å². The Labute approximate surface area is 95.0 Å². The summed E-state index contributed by atoms with van der Waals surface area (Å²) in [7, 11) is 0. The van der Waals surface area contributed by atoms with Crippen molar-refractivity contribution in [1.29, 1.82) is 0 Å². The first kappa shape index (κ1) is 11.8. The quantitative estimate of drug-likeness (QED) is 0.709. The molecule has 5 nitrogen and oxygen atoms in total. The third-order valence-electron chi connectivity index (χ3n) is 3.56. The molecule has 2 saturated heterocycles. The van der Waals surface area contributed by atoms with Crippen LogP contribution in [-0.4, -0.2) is 59.5 Å². The molecule has 0 amide bonds. The highest BCUT2D eigenvalue weighted by Gasteiger charge is 2.36. The van der Waals surface area contributed by atoms with Crippen molar-refractivity contribution in [2.75, 3.05) is 32.8 Å². The van der Waals surface area contributed by atoms with E-state index in [4.69, 9.17) is 9.84 Å². The van der Waals surface area contributed by atoms with Gasteiger partial charge in [0.15, 0.2) is 0 Å². The van der Waals surface area contributed by atoms with Crippen LogP contribution in [0.1, 0.15) is 19.3 Å². The van der Waals surface area contributed by atoms with Gasteiger partial charge in [0.2, 0.25) is 0 Å². The van der Waals surface area contributed by atoms with Crippen LogP contribution < -0.4 is 0 Å². The first-order valence-electron chi connectivity index (χ1n) is 5.84. The van der Waals surface area contributed by atoms with Gasteiger partial charge in [0, 0.05) is 39.1 Å². The van der Waals surface area contributed by atoms with Gasteiger partial charge in [-0.05, 0) is 13.0 Å². The molecule has 5 heteroatoms. The minimum absolute atomic E-state index is 0.261. The molecule has 0 aliphatic carbocycles. The number of aliphatic carboxylic acids is 1. The van der Waals surface area contributed by atoms with E-state index < -0.39 is 11.6 Å². The molecule has 0 radical (unpaired) electrons. The van der Waals surface area contributed by atoms with Gasteiger partial charge >= 0.3 is 5.97 Å². The monoisotopic (exact) mass is 229 g/mol. The molecule has 16 heavy (non-hydrogen) atoms. The van der Waals surface area contributed by atoms with Crippen LogP contribution in [0.4, 0.5) is 0 Å². The molecular formula is C11H19NO4. The Hall–Kier alpha value is -0.650. The number of hydrogen-bond acceptors (Lipinski definition) is 4. The Morgan fingerprint density at radius 3 is 2.69 bits per heavy atom. The Kier molecular flexibility index (Phi) is 3.47. The lowest BCUT2D eigenvalue weighted by molar-refractivity contribution is -0.141. The minimum atomic E-state index is -0.721. The molecule has 0 saturated carbocycles. The molecule has 2 aliphatic heterocycles. The van der Waals surface area contributed by atoms with Crippen LogP contribution in [0, 0.1) is 5.92 Å². The molecule has 0 aromatic heterocycles. The SMILES string of the molecule is O=C(O)C1CCN(CC2(O)CCOCC2)C1. The van der Waals surface area contributed by atoms with E-state index in [1.807, 2.05) is 0 Å². The third-order valence-corrected chi connectivity index (χ3v) is 3.56. The highest BCUT2D eigenvalue weighted by molar-refractivity contribution is 5.70. The predicted molar refractivity (Wildman–Crippen MR) is 57.2 cm³/mol. The van der Waals surface area contributed by atoms with Crippen molar-refractivity contribution < 1.29 is 19.7 Å². The fraction of sp³-hybridized carbons (Fsp3) is 0.909. The summed E-state index contributed by atoms with van der Waals surface area (Å²) in [6, 6.07) is 0. The first-order chi connectivity index (χ1) is 7.59. The summed E-state index contributed by atoms with van der Waals surface area (Å²) in [5.41, 5.74) is -0.675. The van der Waals surface area contributed by atoms with Gasteiger partial charge in [0.1, 0.15) is 0 Å². The van der Waals surface area contributed by atoms with Gasteiger partial charge in [-0.15, -0.1) is 0 Å². The highest BCUT2D eigenvalue weighted by Crippen LogP contribution is 2.25. The van der Waals surface area contributed by atoms with E-state index in [9.17, 15) is 9.90 Å². The van der Waals surface area contributed by atoms with Crippen molar-refractivity contribution in [2.45, 2.75) is 24.9 Å². The summed E-state index contributed by atoms with van der Waals surface area (Å²) in [4.78, 5) is 12.9. The standard InChI is InChI=1S/C11H19NO4/c13-10(14)9-1-4-12(7-9)8-11(15)2-5-16-6-3-11/h9,15H,1-8H2,(H,13,14). The normalized spacial score (nSPS) is 30.4. The van der Waals surface area contributed by atoms with Crippen molar-refractivity contribution in [2.24, 2.45) is 5.92 Å². The van der Waals surface area contributed by atoms with Gasteiger partial charge in [-0.25, -0.2) is 0 Å². The number of hydrogen-bond donors (Lipinski definition) is 2. The largest absolute Gasteiger partial charge is 0.481 e. The lowest BCUT2D eigenvalue weighted by atomic mass is 9.94. The van der Waals surface area contributed by atoms with Crippen LogP contribution in [0.2, 0.25) is 0 Å². The summed E-state index contributed by atoms with van der Waals surface area (Å²) in [5.74, 6) is -0.982. The average Bonchev–Trinajstić information content (AvgIpc) is 2.66. The number of ether oxygens (including phenoxy) is 1. The molecule has 0 aromatic carbocycles. The summed E-state index contributed by atoms with van der Waals surface area (Å²) >= 11 is 0. The lowest BCUT2D eigenvalue weighted by Gasteiger charge is -2.35. The molecular weight excluding hydrogens is 210 g/mol. The lowest BCUT2D eigenvalue weighted by Crippen LogP contribution is -2.46. The molecule has 92 valence electrons. The first-order valence-corrected chi connectivity index (χ1v) is 5.84. The average molecular weight is 229 g/mol. The van der Waals surface area contributed by atoms with E-state index in [2.05, 4.69) is 4.90 Å². The molecule has 0 aromatic rings. The zero-order valence-electron chi connectivity index (χ0n) is 9.39. The van der Waals surface area contributed by atoms with E-state index in [1.165, 1.54) is 0 Å². The van der Waals surface area contributed by atoms with E-state index in [0.29, 0.717) is 45.6 Å². The maximum Gasteiger partial charge on any atom is 0.307 e. The molecule has 2 aliphatic rings.